The Bertz CT molecular complexity index is 275. The molecule has 0 N–H and O–H groups in total. The number of benzene rings is 1. The maximum atomic E-state index is 2.32. The quantitative estimate of drug-likeness (QED) is 0.616. The second kappa shape index (κ2) is 6.66. The Morgan fingerprint density at radius 1 is 1.07 bits per heavy atom. The molecule has 0 aliphatic rings. The Morgan fingerprint density at radius 3 is 2.40 bits per heavy atom. The fraction of sp³-hybridized carbons (Fsp3) is 0.600. The smallest absolute Gasteiger partial charge is 0.0162 e. The van der Waals surface area contributed by atoms with Crippen LogP contribution in [0.4, 0.5) is 0 Å². The van der Waals surface area contributed by atoms with E-state index in [1.807, 2.05) is 0 Å². The summed E-state index contributed by atoms with van der Waals surface area (Å²) in [4.78, 5) is 0. The van der Waals surface area contributed by atoms with Crippen LogP contribution >= 0.6 is 0 Å². The zero-order valence-electron chi connectivity index (χ0n) is 10.4. The van der Waals surface area contributed by atoms with Gasteiger partial charge in [0.05, 0.1) is 0 Å². The molecule has 0 heterocycles. The highest BCUT2D eigenvalue weighted by Gasteiger charge is 2.11. The standard InChI is InChI=1S/C15H24/c1-4-7-10-13(5-2)15-12-9-8-11-14(15)6-3/h8-9,11-13H,4-7,10H2,1-3H3. The van der Waals surface area contributed by atoms with Crippen molar-refractivity contribution in [3.8, 4) is 0 Å². The van der Waals surface area contributed by atoms with E-state index in [4.69, 9.17) is 0 Å². The monoisotopic (exact) mass is 204 g/mol. The molecule has 1 unspecified atom stereocenters. The van der Waals surface area contributed by atoms with Gasteiger partial charge in [0, 0.05) is 0 Å². The third-order valence-corrected chi connectivity index (χ3v) is 3.27. The molecule has 1 rings (SSSR count). The van der Waals surface area contributed by atoms with Crippen LogP contribution in [-0.2, 0) is 6.42 Å². The number of rotatable bonds is 6. The second-order valence-electron chi connectivity index (χ2n) is 4.30. The maximum Gasteiger partial charge on any atom is -0.0162 e. The van der Waals surface area contributed by atoms with E-state index in [1.54, 1.807) is 11.1 Å². The number of hydrogen-bond donors (Lipinski definition) is 0. The van der Waals surface area contributed by atoms with Crippen molar-refractivity contribution in [2.45, 2.75) is 58.8 Å². The Balaban J connectivity index is 2.80. The van der Waals surface area contributed by atoms with Gasteiger partial charge in [-0.1, -0.05) is 57.9 Å². The summed E-state index contributed by atoms with van der Waals surface area (Å²) in [5.74, 6) is 0.779. The molecule has 0 nitrogen and oxygen atoms in total. The summed E-state index contributed by atoms with van der Waals surface area (Å²) in [6.45, 7) is 6.84. The Hall–Kier alpha value is -0.780. The summed E-state index contributed by atoms with van der Waals surface area (Å²) in [5, 5.41) is 0. The Kier molecular flexibility index (Phi) is 5.45. The van der Waals surface area contributed by atoms with E-state index >= 15 is 0 Å². The van der Waals surface area contributed by atoms with Crippen molar-refractivity contribution in [3.63, 3.8) is 0 Å². The zero-order valence-corrected chi connectivity index (χ0v) is 10.4. The van der Waals surface area contributed by atoms with Crippen molar-refractivity contribution in [2.24, 2.45) is 0 Å². The first-order valence-corrected chi connectivity index (χ1v) is 6.41. The van der Waals surface area contributed by atoms with Gasteiger partial charge in [0.25, 0.3) is 0 Å². The molecule has 0 aliphatic heterocycles. The van der Waals surface area contributed by atoms with Crippen molar-refractivity contribution < 1.29 is 0 Å². The molecule has 0 amide bonds. The highest BCUT2D eigenvalue weighted by molar-refractivity contribution is 5.30. The minimum atomic E-state index is 0.779. The Labute approximate surface area is 94.7 Å². The van der Waals surface area contributed by atoms with Gasteiger partial charge in [0.2, 0.25) is 0 Å². The molecule has 84 valence electrons. The summed E-state index contributed by atoms with van der Waals surface area (Å²) in [5.41, 5.74) is 3.14. The third-order valence-electron chi connectivity index (χ3n) is 3.27. The minimum Gasteiger partial charge on any atom is -0.0654 e. The lowest BCUT2D eigenvalue weighted by atomic mass is 9.87. The van der Waals surface area contributed by atoms with Crippen LogP contribution in [0, 0.1) is 0 Å². The molecule has 0 heteroatoms. The van der Waals surface area contributed by atoms with Gasteiger partial charge >= 0.3 is 0 Å². The van der Waals surface area contributed by atoms with Crippen molar-refractivity contribution in [1.82, 2.24) is 0 Å². The minimum absolute atomic E-state index is 0.779. The van der Waals surface area contributed by atoms with Crippen LogP contribution in [-0.4, -0.2) is 0 Å². The van der Waals surface area contributed by atoms with Crippen molar-refractivity contribution in [2.75, 3.05) is 0 Å². The lowest BCUT2D eigenvalue weighted by Gasteiger charge is -2.18. The third kappa shape index (κ3) is 3.37. The summed E-state index contributed by atoms with van der Waals surface area (Å²) in [6.07, 6.45) is 6.46. The first-order valence-electron chi connectivity index (χ1n) is 6.41. The summed E-state index contributed by atoms with van der Waals surface area (Å²) in [7, 11) is 0. The lowest BCUT2D eigenvalue weighted by Crippen LogP contribution is -2.01. The highest BCUT2D eigenvalue weighted by Crippen LogP contribution is 2.28. The van der Waals surface area contributed by atoms with Gasteiger partial charge in [-0.25, -0.2) is 0 Å². The van der Waals surface area contributed by atoms with E-state index in [0.29, 0.717) is 0 Å². The van der Waals surface area contributed by atoms with Crippen LogP contribution in [0.25, 0.3) is 0 Å². The van der Waals surface area contributed by atoms with Crippen LogP contribution in [0.3, 0.4) is 0 Å². The molecular weight excluding hydrogens is 180 g/mol. The summed E-state index contributed by atoms with van der Waals surface area (Å²) < 4.78 is 0. The molecule has 0 spiro atoms. The highest BCUT2D eigenvalue weighted by atomic mass is 14.2. The van der Waals surface area contributed by atoms with E-state index < -0.39 is 0 Å². The molecule has 0 saturated carbocycles. The van der Waals surface area contributed by atoms with Gasteiger partial charge in [-0.15, -0.1) is 0 Å². The normalized spacial score (nSPS) is 12.7. The predicted octanol–water partition coefficient (Wildman–Crippen LogP) is 4.93. The number of unbranched alkanes of at least 4 members (excludes halogenated alkanes) is 1. The molecular formula is C15H24. The predicted molar refractivity (Wildman–Crippen MR) is 68.4 cm³/mol. The van der Waals surface area contributed by atoms with E-state index in [0.717, 1.165) is 5.92 Å². The first kappa shape index (κ1) is 12.3. The fourth-order valence-electron chi connectivity index (χ4n) is 2.28. The molecule has 0 fully saturated rings. The van der Waals surface area contributed by atoms with Crippen LogP contribution in [0.15, 0.2) is 24.3 Å². The van der Waals surface area contributed by atoms with Crippen molar-refractivity contribution in [3.05, 3.63) is 35.4 Å². The van der Waals surface area contributed by atoms with E-state index in [2.05, 4.69) is 45.0 Å². The van der Waals surface area contributed by atoms with E-state index in [1.165, 1.54) is 32.1 Å². The van der Waals surface area contributed by atoms with Crippen molar-refractivity contribution >= 4 is 0 Å². The molecule has 0 aromatic heterocycles. The molecule has 0 bridgehead atoms. The van der Waals surface area contributed by atoms with Gasteiger partial charge in [-0.2, -0.15) is 0 Å². The van der Waals surface area contributed by atoms with E-state index in [-0.39, 0.29) is 0 Å². The van der Waals surface area contributed by atoms with Crippen LogP contribution in [0.5, 0.6) is 0 Å². The number of hydrogen-bond acceptors (Lipinski definition) is 0. The molecule has 15 heavy (non-hydrogen) atoms. The van der Waals surface area contributed by atoms with Crippen LogP contribution < -0.4 is 0 Å². The fourth-order valence-corrected chi connectivity index (χ4v) is 2.28. The number of aryl methyl sites for hydroxylation is 1. The average molecular weight is 204 g/mol. The molecule has 1 aromatic carbocycles. The average Bonchev–Trinajstić information content (AvgIpc) is 2.30. The van der Waals surface area contributed by atoms with Crippen LogP contribution in [0.2, 0.25) is 0 Å². The van der Waals surface area contributed by atoms with E-state index in [9.17, 15) is 0 Å². The van der Waals surface area contributed by atoms with Gasteiger partial charge < -0.3 is 0 Å². The lowest BCUT2D eigenvalue weighted by molar-refractivity contribution is 0.566. The van der Waals surface area contributed by atoms with Crippen LogP contribution in [0.1, 0.15) is 63.5 Å². The van der Waals surface area contributed by atoms with Gasteiger partial charge in [0.1, 0.15) is 0 Å². The van der Waals surface area contributed by atoms with Gasteiger partial charge in [-0.05, 0) is 36.3 Å². The second-order valence-corrected chi connectivity index (χ2v) is 4.30. The van der Waals surface area contributed by atoms with Crippen molar-refractivity contribution in [1.29, 1.82) is 0 Å². The topological polar surface area (TPSA) is 0 Å². The molecule has 1 aromatic rings. The Morgan fingerprint density at radius 2 is 1.80 bits per heavy atom. The summed E-state index contributed by atoms with van der Waals surface area (Å²) >= 11 is 0. The zero-order chi connectivity index (χ0) is 11.1. The maximum absolute atomic E-state index is 2.32. The molecule has 0 saturated heterocycles. The summed E-state index contributed by atoms with van der Waals surface area (Å²) in [6, 6.07) is 8.95. The largest absolute Gasteiger partial charge is 0.0654 e. The van der Waals surface area contributed by atoms with Gasteiger partial charge in [0.15, 0.2) is 0 Å². The molecule has 0 radical (unpaired) electrons. The van der Waals surface area contributed by atoms with Gasteiger partial charge in [-0.3, -0.25) is 0 Å². The molecule has 1 atom stereocenters. The first-order chi connectivity index (χ1) is 7.33. The molecule has 0 aliphatic carbocycles. The SMILES string of the molecule is CCCCC(CC)c1ccccc1CC.